The SMILES string of the molecule is CC(C)n1cnc(S(=O)(=O)N2CCC[C@H](Oc3cc(C#N)ccn3)C2)c1. The molecule has 2 aromatic rings. The summed E-state index contributed by atoms with van der Waals surface area (Å²) in [7, 11) is -3.66. The fourth-order valence-electron chi connectivity index (χ4n) is 2.80. The van der Waals surface area contributed by atoms with Crippen molar-refractivity contribution in [2.75, 3.05) is 13.1 Å². The van der Waals surface area contributed by atoms with E-state index in [1.54, 1.807) is 22.9 Å². The van der Waals surface area contributed by atoms with Crippen LogP contribution >= 0.6 is 0 Å². The van der Waals surface area contributed by atoms with E-state index in [-0.39, 0.29) is 23.7 Å². The number of nitriles is 1. The summed E-state index contributed by atoms with van der Waals surface area (Å²) in [6.07, 6.45) is 5.70. The highest BCUT2D eigenvalue weighted by Crippen LogP contribution is 2.23. The molecular formula is C17H21N5O3S. The van der Waals surface area contributed by atoms with Gasteiger partial charge in [0.15, 0.2) is 5.03 Å². The van der Waals surface area contributed by atoms with Crippen LogP contribution < -0.4 is 4.74 Å². The van der Waals surface area contributed by atoms with Crippen LogP contribution in [0.5, 0.6) is 5.88 Å². The van der Waals surface area contributed by atoms with Crippen LogP contribution in [0.3, 0.4) is 0 Å². The maximum atomic E-state index is 12.9. The number of nitrogens with zero attached hydrogens (tertiary/aromatic N) is 5. The van der Waals surface area contributed by atoms with Crippen molar-refractivity contribution < 1.29 is 13.2 Å². The molecule has 1 atom stereocenters. The van der Waals surface area contributed by atoms with Gasteiger partial charge in [-0.2, -0.15) is 9.57 Å². The molecule has 0 aromatic carbocycles. The first-order valence-corrected chi connectivity index (χ1v) is 9.90. The zero-order chi connectivity index (χ0) is 18.7. The van der Waals surface area contributed by atoms with E-state index in [1.165, 1.54) is 16.8 Å². The topological polar surface area (TPSA) is 101 Å². The number of hydrogen-bond acceptors (Lipinski definition) is 6. The molecule has 1 saturated heterocycles. The Labute approximate surface area is 153 Å². The van der Waals surface area contributed by atoms with E-state index < -0.39 is 10.0 Å². The molecule has 1 aliphatic heterocycles. The molecule has 0 aliphatic carbocycles. The second-order valence-corrected chi connectivity index (χ2v) is 8.38. The predicted molar refractivity (Wildman–Crippen MR) is 94.0 cm³/mol. The molecule has 1 fully saturated rings. The normalized spacial score (nSPS) is 18.6. The molecule has 0 unspecified atom stereocenters. The molecule has 3 heterocycles. The van der Waals surface area contributed by atoms with Gasteiger partial charge in [0.05, 0.1) is 24.5 Å². The molecule has 0 spiro atoms. The molecule has 0 N–H and O–H groups in total. The number of imidazole rings is 1. The Balaban J connectivity index is 1.73. The van der Waals surface area contributed by atoms with Crippen molar-refractivity contribution in [2.45, 2.75) is 43.9 Å². The summed E-state index contributed by atoms with van der Waals surface area (Å²) in [5.41, 5.74) is 0.453. The van der Waals surface area contributed by atoms with Crippen molar-refractivity contribution in [3.8, 4) is 11.9 Å². The van der Waals surface area contributed by atoms with Gasteiger partial charge in [-0.3, -0.25) is 0 Å². The van der Waals surface area contributed by atoms with E-state index in [2.05, 4.69) is 9.97 Å². The van der Waals surface area contributed by atoms with Gasteiger partial charge in [0.1, 0.15) is 6.10 Å². The van der Waals surface area contributed by atoms with Crippen LogP contribution in [0.15, 0.2) is 35.9 Å². The molecule has 26 heavy (non-hydrogen) atoms. The van der Waals surface area contributed by atoms with E-state index in [4.69, 9.17) is 10.00 Å². The van der Waals surface area contributed by atoms with Crippen LogP contribution in [-0.4, -0.2) is 46.5 Å². The third-order valence-electron chi connectivity index (χ3n) is 4.27. The van der Waals surface area contributed by atoms with Gasteiger partial charge in [-0.25, -0.2) is 18.4 Å². The Hall–Kier alpha value is -2.44. The fraction of sp³-hybridized carbons (Fsp3) is 0.471. The quantitative estimate of drug-likeness (QED) is 0.792. The highest BCUT2D eigenvalue weighted by molar-refractivity contribution is 7.89. The van der Waals surface area contributed by atoms with E-state index in [0.717, 1.165) is 6.42 Å². The van der Waals surface area contributed by atoms with Gasteiger partial charge in [-0.05, 0) is 32.8 Å². The lowest BCUT2D eigenvalue weighted by Gasteiger charge is -2.31. The van der Waals surface area contributed by atoms with Crippen LogP contribution in [0, 0.1) is 11.3 Å². The molecule has 0 radical (unpaired) electrons. The first-order valence-electron chi connectivity index (χ1n) is 8.46. The number of ether oxygens (including phenoxy) is 1. The maximum absolute atomic E-state index is 12.9. The molecule has 0 saturated carbocycles. The van der Waals surface area contributed by atoms with Gasteiger partial charge in [0, 0.05) is 31.0 Å². The number of piperidine rings is 1. The first-order chi connectivity index (χ1) is 12.4. The standard InChI is InChI=1S/C17H21N5O3S/c1-13(2)21-11-17(20-12-21)26(23,24)22-7-3-4-15(10-22)25-16-8-14(9-18)5-6-19-16/h5-6,8,11-13,15H,3-4,7,10H2,1-2H3/t15-/m0/s1. The second kappa shape index (κ2) is 7.43. The zero-order valence-corrected chi connectivity index (χ0v) is 15.6. The fourth-order valence-corrected chi connectivity index (χ4v) is 4.23. The highest BCUT2D eigenvalue weighted by Gasteiger charge is 2.33. The Morgan fingerprint density at radius 1 is 1.38 bits per heavy atom. The number of hydrogen-bond donors (Lipinski definition) is 0. The van der Waals surface area contributed by atoms with Crippen LogP contribution in [0.1, 0.15) is 38.3 Å². The number of pyridine rings is 1. The summed E-state index contributed by atoms with van der Waals surface area (Å²) in [5.74, 6) is 0.331. The minimum Gasteiger partial charge on any atom is -0.473 e. The van der Waals surface area contributed by atoms with Crippen molar-refractivity contribution in [1.82, 2.24) is 18.8 Å². The van der Waals surface area contributed by atoms with Crippen molar-refractivity contribution in [3.05, 3.63) is 36.4 Å². The number of sulfonamides is 1. The molecule has 0 bridgehead atoms. The lowest BCUT2D eigenvalue weighted by atomic mass is 10.1. The Kier molecular flexibility index (Phi) is 5.25. The van der Waals surface area contributed by atoms with Gasteiger partial charge >= 0.3 is 0 Å². The van der Waals surface area contributed by atoms with E-state index >= 15 is 0 Å². The van der Waals surface area contributed by atoms with E-state index in [0.29, 0.717) is 24.4 Å². The van der Waals surface area contributed by atoms with E-state index in [9.17, 15) is 8.42 Å². The van der Waals surface area contributed by atoms with Gasteiger partial charge in [-0.1, -0.05) is 0 Å². The van der Waals surface area contributed by atoms with Crippen LogP contribution in [0.2, 0.25) is 0 Å². The van der Waals surface area contributed by atoms with Crippen LogP contribution in [0.25, 0.3) is 0 Å². The van der Waals surface area contributed by atoms with Crippen molar-refractivity contribution in [2.24, 2.45) is 0 Å². The average molecular weight is 375 g/mol. The summed E-state index contributed by atoms with van der Waals surface area (Å²) in [4.78, 5) is 8.15. The monoisotopic (exact) mass is 375 g/mol. The average Bonchev–Trinajstić information content (AvgIpc) is 3.13. The summed E-state index contributed by atoms with van der Waals surface area (Å²) < 4.78 is 34.7. The Bertz CT molecular complexity index is 916. The Morgan fingerprint density at radius 2 is 2.19 bits per heavy atom. The number of aromatic nitrogens is 3. The molecule has 9 heteroatoms. The van der Waals surface area contributed by atoms with Gasteiger partial charge < -0.3 is 9.30 Å². The largest absolute Gasteiger partial charge is 0.473 e. The molecule has 138 valence electrons. The van der Waals surface area contributed by atoms with Crippen molar-refractivity contribution >= 4 is 10.0 Å². The lowest BCUT2D eigenvalue weighted by Crippen LogP contribution is -2.44. The minimum atomic E-state index is -3.66. The van der Waals surface area contributed by atoms with Crippen LogP contribution in [-0.2, 0) is 10.0 Å². The van der Waals surface area contributed by atoms with Crippen molar-refractivity contribution in [1.29, 1.82) is 5.26 Å². The lowest BCUT2D eigenvalue weighted by molar-refractivity contribution is 0.124. The maximum Gasteiger partial charge on any atom is 0.262 e. The second-order valence-electron chi connectivity index (χ2n) is 6.49. The van der Waals surface area contributed by atoms with Gasteiger partial charge in [0.25, 0.3) is 10.0 Å². The summed E-state index contributed by atoms with van der Waals surface area (Å²) in [6.45, 7) is 4.59. The van der Waals surface area contributed by atoms with Crippen molar-refractivity contribution in [3.63, 3.8) is 0 Å². The molecule has 3 rings (SSSR count). The Morgan fingerprint density at radius 3 is 2.88 bits per heavy atom. The van der Waals surface area contributed by atoms with Gasteiger partial charge in [-0.15, -0.1) is 0 Å². The molecule has 8 nitrogen and oxygen atoms in total. The minimum absolute atomic E-state index is 0.0523. The number of rotatable bonds is 5. The predicted octanol–water partition coefficient (Wildman–Crippen LogP) is 1.96. The summed E-state index contributed by atoms with van der Waals surface area (Å²) in [6, 6.07) is 5.32. The summed E-state index contributed by atoms with van der Waals surface area (Å²) >= 11 is 0. The third-order valence-corrected chi connectivity index (χ3v) is 6.02. The molecule has 2 aromatic heterocycles. The van der Waals surface area contributed by atoms with Crippen LogP contribution in [0.4, 0.5) is 0 Å². The first kappa shape index (κ1) is 18.4. The molecule has 1 aliphatic rings. The smallest absolute Gasteiger partial charge is 0.262 e. The van der Waals surface area contributed by atoms with E-state index in [1.807, 2.05) is 19.9 Å². The molecular weight excluding hydrogens is 354 g/mol. The zero-order valence-electron chi connectivity index (χ0n) is 14.7. The summed E-state index contributed by atoms with van der Waals surface area (Å²) in [5, 5.41) is 9.01. The molecule has 0 amide bonds. The third kappa shape index (κ3) is 3.86. The highest BCUT2D eigenvalue weighted by atomic mass is 32.2. The van der Waals surface area contributed by atoms with Gasteiger partial charge in [0.2, 0.25) is 5.88 Å².